The topological polar surface area (TPSA) is 80.3 Å². The highest BCUT2D eigenvalue weighted by Crippen LogP contribution is 2.46. The average molecular weight is 256 g/mol. The zero-order valence-electron chi connectivity index (χ0n) is 9.80. The maximum atomic E-state index is 11.5. The molecule has 0 aliphatic carbocycles. The molecule has 16 heavy (non-hydrogen) atoms. The van der Waals surface area contributed by atoms with Gasteiger partial charge in [0.2, 0.25) is 6.29 Å². The quantitative estimate of drug-likeness (QED) is 0.391. The van der Waals surface area contributed by atoms with Gasteiger partial charge in [-0.2, -0.15) is 0 Å². The van der Waals surface area contributed by atoms with Crippen LogP contribution in [0.25, 0.3) is 0 Å². The van der Waals surface area contributed by atoms with Gasteiger partial charge in [-0.25, -0.2) is 4.79 Å². The molecule has 7 nitrogen and oxygen atoms in total. The predicted molar refractivity (Wildman–Crippen MR) is 55.1 cm³/mol. The van der Waals surface area contributed by atoms with Gasteiger partial charge >= 0.3 is 13.8 Å². The second-order valence-electron chi connectivity index (χ2n) is 2.64. The summed E-state index contributed by atoms with van der Waals surface area (Å²) >= 11 is 0. The first-order valence-electron chi connectivity index (χ1n) is 4.63. The molecular formula is C8H17O7P. The van der Waals surface area contributed by atoms with Gasteiger partial charge in [-0.1, -0.05) is 0 Å². The Hall–Kier alpha value is -0.620. The van der Waals surface area contributed by atoms with Crippen molar-refractivity contribution in [1.82, 2.24) is 0 Å². The predicted octanol–water partition coefficient (Wildman–Crippen LogP) is 1.97. The third-order valence-electron chi connectivity index (χ3n) is 1.56. The maximum absolute atomic E-state index is 11.5. The van der Waals surface area contributed by atoms with Gasteiger partial charge in [-0.3, -0.25) is 4.57 Å². The Labute approximate surface area is 94.5 Å². The van der Waals surface area contributed by atoms with Gasteiger partial charge < -0.3 is 23.3 Å². The third kappa shape index (κ3) is 6.07. The average Bonchev–Trinajstić information content (AvgIpc) is 2.26. The fourth-order valence-electron chi connectivity index (χ4n) is 0.750. The van der Waals surface area contributed by atoms with E-state index in [9.17, 15) is 9.36 Å². The number of hydrogen-bond donors (Lipinski definition) is 0. The van der Waals surface area contributed by atoms with Gasteiger partial charge in [-0.05, 0) is 13.8 Å². The Morgan fingerprint density at radius 3 is 2.31 bits per heavy atom. The Bertz CT molecular complexity index is 247. The molecule has 0 N–H and O–H groups in total. The zero-order valence-corrected chi connectivity index (χ0v) is 10.7. The van der Waals surface area contributed by atoms with E-state index in [1.54, 1.807) is 6.92 Å². The number of rotatable bonds is 7. The van der Waals surface area contributed by atoms with Crippen molar-refractivity contribution in [2.75, 3.05) is 27.2 Å². The van der Waals surface area contributed by atoms with Crippen LogP contribution in [0.5, 0.6) is 0 Å². The molecule has 0 aromatic heterocycles. The maximum Gasteiger partial charge on any atom is 0.511 e. The molecule has 0 aliphatic heterocycles. The first-order valence-corrected chi connectivity index (χ1v) is 6.35. The molecule has 1 atom stereocenters. The van der Waals surface area contributed by atoms with Gasteiger partial charge in [0.25, 0.3) is 0 Å². The largest absolute Gasteiger partial charge is 0.511 e. The summed E-state index contributed by atoms with van der Waals surface area (Å²) in [5.41, 5.74) is 0. The molecule has 0 aliphatic rings. The van der Waals surface area contributed by atoms with Crippen molar-refractivity contribution in [2.24, 2.45) is 0 Å². The minimum absolute atomic E-state index is 0.406. The molecule has 0 aromatic rings. The van der Waals surface area contributed by atoms with Crippen molar-refractivity contribution in [1.29, 1.82) is 0 Å². The van der Waals surface area contributed by atoms with Crippen molar-refractivity contribution in [3.05, 3.63) is 0 Å². The van der Waals surface area contributed by atoms with E-state index in [0.717, 1.165) is 0 Å². The first kappa shape index (κ1) is 15.4. The molecule has 0 spiro atoms. The standard InChI is InChI=1S/C8H17O7P/c1-5-13-7(2)15-8(9)14-6-16(10,11-3)12-4/h7H,5-6H2,1-4H3. The molecule has 8 heteroatoms. The van der Waals surface area contributed by atoms with Crippen LogP contribution < -0.4 is 0 Å². The molecule has 96 valence electrons. The van der Waals surface area contributed by atoms with Crippen LogP contribution in [-0.2, 0) is 27.8 Å². The van der Waals surface area contributed by atoms with Crippen molar-refractivity contribution in [3.63, 3.8) is 0 Å². The summed E-state index contributed by atoms with van der Waals surface area (Å²) in [5.74, 6) is 0. The van der Waals surface area contributed by atoms with E-state index in [2.05, 4.69) is 18.5 Å². The highest BCUT2D eigenvalue weighted by Gasteiger charge is 2.24. The Kier molecular flexibility index (Phi) is 7.33. The first-order chi connectivity index (χ1) is 7.47. The van der Waals surface area contributed by atoms with Crippen LogP contribution >= 0.6 is 7.60 Å². The van der Waals surface area contributed by atoms with Crippen LogP contribution in [0.2, 0.25) is 0 Å². The molecule has 0 amide bonds. The summed E-state index contributed by atoms with van der Waals surface area (Å²) < 4.78 is 34.7. The lowest BCUT2D eigenvalue weighted by molar-refractivity contribution is -0.105. The monoisotopic (exact) mass is 256 g/mol. The van der Waals surface area contributed by atoms with Crippen LogP contribution in [0, 0.1) is 0 Å². The van der Waals surface area contributed by atoms with Crippen LogP contribution in [0.15, 0.2) is 0 Å². The van der Waals surface area contributed by atoms with Gasteiger partial charge in [0.05, 0.1) is 0 Å². The second kappa shape index (κ2) is 7.62. The highest BCUT2D eigenvalue weighted by molar-refractivity contribution is 7.53. The molecular weight excluding hydrogens is 239 g/mol. The summed E-state index contributed by atoms with van der Waals surface area (Å²) in [5, 5.41) is 0. The molecule has 0 heterocycles. The van der Waals surface area contributed by atoms with Crippen LogP contribution in [0.3, 0.4) is 0 Å². The van der Waals surface area contributed by atoms with E-state index in [4.69, 9.17) is 4.74 Å². The van der Waals surface area contributed by atoms with E-state index < -0.39 is 26.4 Å². The summed E-state index contributed by atoms with van der Waals surface area (Å²) in [6, 6.07) is 0. The van der Waals surface area contributed by atoms with Crippen LogP contribution in [0.1, 0.15) is 13.8 Å². The normalized spacial score (nSPS) is 13.2. The molecule has 0 aromatic carbocycles. The van der Waals surface area contributed by atoms with E-state index >= 15 is 0 Å². The SMILES string of the molecule is CCOC(C)OC(=O)OCP(=O)(OC)OC. The van der Waals surface area contributed by atoms with Crippen LogP contribution in [0.4, 0.5) is 4.79 Å². The third-order valence-corrected chi connectivity index (χ3v) is 3.12. The van der Waals surface area contributed by atoms with Crippen LogP contribution in [-0.4, -0.2) is 39.6 Å². The van der Waals surface area contributed by atoms with E-state index in [-0.39, 0.29) is 0 Å². The van der Waals surface area contributed by atoms with Gasteiger partial charge in [0.1, 0.15) is 0 Å². The Balaban J connectivity index is 3.93. The molecule has 1 unspecified atom stereocenters. The lowest BCUT2D eigenvalue weighted by atomic mass is 10.7. The van der Waals surface area contributed by atoms with Crippen molar-refractivity contribution < 1.29 is 32.6 Å². The fraction of sp³-hybridized carbons (Fsp3) is 0.875. The van der Waals surface area contributed by atoms with Gasteiger partial charge in [0.15, 0.2) is 6.35 Å². The van der Waals surface area contributed by atoms with E-state index in [0.29, 0.717) is 6.61 Å². The summed E-state index contributed by atoms with van der Waals surface area (Å²) in [6.45, 7) is 3.70. The molecule has 0 radical (unpaired) electrons. The zero-order chi connectivity index (χ0) is 12.6. The summed E-state index contributed by atoms with van der Waals surface area (Å²) in [7, 11) is -0.965. The van der Waals surface area contributed by atoms with Crippen molar-refractivity contribution >= 4 is 13.8 Å². The Morgan fingerprint density at radius 1 is 1.31 bits per heavy atom. The van der Waals surface area contributed by atoms with E-state index in [1.807, 2.05) is 0 Å². The smallest absolute Gasteiger partial charge is 0.421 e. The lowest BCUT2D eigenvalue weighted by Crippen LogP contribution is -2.19. The lowest BCUT2D eigenvalue weighted by Gasteiger charge is -2.15. The molecule has 0 saturated carbocycles. The van der Waals surface area contributed by atoms with E-state index in [1.165, 1.54) is 21.1 Å². The Morgan fingerprint density at radius 2 is 1.88 bits per heavy atom. The van der Waals surface area contributed by atoms with Gasteiger partial charge in [-0.15, -0.1) is 0 Å². The second-order valence-corrected chi connectivity index (χ2v) is 4.85. The number of carbonyl (C=O) groups is 1. The minimum atomic E-state index is -3.36. The number of ether oxygens (including phenoxy) is 3. The van der Waals surface area contributed by atoms with Gasteiger partial charge in [0, 0.05) is 20.8 Å². The van der Waals surface area contributed by atoms with Crippen molar-refractivity contribution in [2.45, 2.75) is 20.1 Å². The minimum Gasteiger partial charge on any atom is -0.421 e. The highest BCUT2D eigenvalue weighted by atomic mass is 31.2. The number of hydrogen-bond acceptors (Lipinski definition) is 7. The summed E-state index contributed by atoms with van der Waals surface area (Å²) in [4.78, 5) is 11.1. The molecule has 0 fully saturated rings. The molecule has 0 rings (SSSR count). The fourth-order valence-corrected chi connectivity index (χ4v) is 1.37. The molecule has 0 saturated heterocycles. The summed E-state index contributed by atoms with van der Waals surface area (Å²) in [6.07, 6.45) is -2.21. The molecule has 0 bridgehead atoms. The number of carbonyl (C=O) groups excluding carboxylic acids is 1. The van der Waals surface area contributed by atoms with Crippen molar-refractivity contribution in [3.8, 4) is 0 Å².